The number of aromatic nitrogens is 4. The second-order valence-electron chi connectivity index (χ2n) is 6.47. The zero-order chi connectivity index (χ0) is 19.5. The van der Waals surface area contributed by atoms with E-state index in [2.05, 4.69) is 25.7 Å². The fraction of sp³-hybridized carbons (Fsp3) is 0.150. The van der Waals surface area contributed by atoms with E-state index in [9.17, 15) is 9.18 Å². The Bertz CT molecular complexity index is 1170. The van der Waals surface area contributed by atoms with Crippen molar-refractivity contribution in [2.45, 2.75) is 20.0 Å². The zero-order valence-corrected chi connectivity index (χ0v) is 15.2. The van der Waals surface area contributed by atoms with Crippen molar-refractivity contribution in [2.75, 3.05) is 10.6 Å². The normalized spacial score (nSPS) is 10.9. The fourth-order valence-corrected chi connectivity index (χ4v) is 2.78. The molecule has 3 N–H and O–H groups in total. The first-order chi connectivity index (χ1) is 13.6. The van der Waals surface area contributed by atoms with Crippen LogP contribution in [0.15, 0.2) is 59.4 Å². The third-order valence-corrected chi connectivity index (χ3v) is 4.30. The SMILES string of the molecule is Cc1ccc(CNc2nc3nc(CNc4ccccc4F)cc(=O)n3[nH]2)cc1. The van der Waals surface area contributed by atoms with Crippen LogP contribution in [0.5, 0.6) is 0 Å². The van der Waals surface area contributed by atoms with Gasteiger partial charge in [-0.15, -0.1) is 0 Å². The molecule has 0 radical (unpaired) electrons. The highest BCUT2D eigenvalue weighted by molar-refractivity contribution is 5.45. The molecule has 0 fully saturated rings. The summed E-state index contributed by atoms with van der Waals surface area (Å²) in [5.41, 5.74) is 2.84. The highest BCUT2D eigenvalue weighted by Gasteiger charge is 2.09. The van der Waals surface area contributed by atoms with Gasteiger partial charge in [0.05, 0.1) is 17.9 Å². The molecular weight excluding hydrogens is 359 g/mol. The molecule has 0 atom stereocenters. The maximum absolute atomic E-state index is 13.7. The lowest BCUT2D eigenvalue weighted by atomic mass is 10.1. The van der Waals surface area contributed by atoms with Crippen LogP contribution in [-0.4, -0.2) is 19.6 Å². The number of nitrogens with zero attached hydrogens (tertiary/aromatic N) is 3. The molecule has 0 bridgehead atoms. The number of fused-ring (bicyclic) bond motifs is 1. The van der Waals surface area contributed by atoms with Crippen LogP contribution in [0, 0.1) is 12.7 Å². The van der Waals surface area contributed by atoms with Gasteiger partial charge >= 0.3 is 0 Å². The van der Waals surface area contributed by atoms with E-state index in [-0.39, 0.29) is 23.7 Å². The summed E-state index contributed by atoms with van der Waals surface area (Å²) >= 11 is 0. The highest BCUT2D eigenvalue weighted by Crippen LogP contribution is 2.13. The Hall–Kier alpha value is -3.68. The molecule has 2 aromatic carbocycles. The Morgan fingerprint density at radius 3 is 2.61 bits per heavy atom. The maximum Gasteiger partial charge on any atom is 0.274 e. The van der Waals surface area contributed by atoms with Crippen LogP contribution in [0.4, 0.5) is 16.0 Å². The Morgan fingerprint density at radius 1 is 1.04 bits per heavy atom. The zero-order valence-electron chi connectivity index (χ0n) is 15.2. The molecule has 4 aromatic rings. The molecular formula is C20H19FN6O. The van der Waals surface area contributed by atoms with Gasteiger partial charge in [0.15, 0.2) is 0 Å². The number of nitrogens with one attached hydrogen (secondary N) is 3. The summed E-state index contributed by atoms with van der Waals surface area (Å²) < 4.78 is 15.0. The van der Waals surface area contributed by atoms with Crippen molar-refractivity contribution in [3.63, 3.8) is 0 Å². The molecule has 0 aliphatic rings. The lowest BCUT2D eigenvalue weighted by Gasteiger charge is -2.06. The van der Waals surface area contributed by atoms with E-state index >= 15 is 0 Å². The summed E-state index contributed by atoms with van der Waals surface area (Å²) in [6, 6.07) is 15.9. The predicted molar refractivity (Wildman–Crippen MR) is 106 cm³/mol. The van der Waals surface area contributed by atoms with Gasteiger partial charge in [0, 0.05) is 12.6 Å². The Morgan fingerprint density at radius 2 is 1.82 bits per heavy atom. The Labute approximate surface area is 160 Å². The van der Waals surface area contributed by atoms with Crippen LogP contribution in [0.2, 0.25) is 0 Å². The van der Waals surface area contributed by atoms with E-state index in [1.807, 2.05) is 31.2 Å². The first-order valence-electron chi connectivity index (χ1n) is 8.85. The highest BCUT2D eigenvalue weighted by atomic mass is 19.1. The second-order valence-corrected chi connectivity index (χ2v) is 6.47. The number of hydrogen-bond acceptors (Lipinski definition) is 5. The van der Waals surface area contributed by atoms with Crippen LogP contribution in [-0.2, 0) is 13.1 Å². The number of benzene rings is 2. The van der Waals surface area contributed by atoms with Gasteiger partial charge in [0.25, 0.3) is 11.3 Å². The topological polar surface area (TPSA) is 87.1 Å². The summed E-state index contributed by atoms with van der Waals surface area (Å²) in [5.74, 6) is 0.344. The minimum absolute atomic E-state index is 0.214. The fourth-order valence-electron chi connectivity index (χ4n) is 2.78. The van der Waals surface area contributed by atoms with Crippen molar-refractivity contribution in [1.29, 1.82) is 0 Å². The first kappa shape index (κ1) is 17.7. The van der Waals surface area contributed by atoms with Crippen molar-refractivity contribution in [3.05, 3.63) is 87.6 Å². The number of para-hydroxylation sites is 1. The van der Waals surface area contributed by atoms with Crippen LogP contribution in [0.1, 0.15) is 16.8 Å². The summed E-state index contributed by atoms with van der Waals surface area (Å²) in [5, 5.41) is 8.98. The second kappa shape index (κ2) is 7.51. The average Bonchev–Trinajstić information content (AvgIpc) is 3.11. The van der Waals surface area contributed by atoms with Gasteiger partial charge < -0.3 is 10.6 Å². The van der Waals surface area contributed by atoms with Gasteiger partial charge in [-0.25, -0.2) is 9.37 Å². The van der Waals surface area contributed by atoms with Crippen molar-refractivity contribution < 1.29 is 4.39 Å². The molecule has 7 nitrogen and oxygen atoms in total. The summed E-state index contributed by atoms with van der Waals surface area (Å²) in [6.07, 6.45) is 0. The lowest BCUT2D eigenvalue weighted by Crippen LogP contribution is -2.17. The molecule has 0 unspecified atom stereocenters. The van der Waals surface area contributed by atoms with Gasteiger partial charge in [-0.05, 0) is 24.6 Å². The van der Waals surface area contributed by atoms with Gasteiger partial charge in [-0.2, -0.15) is 9.50 Å². The minimum Gasteiger partial charge on any atom is -0.377 e. The van der Waals surface area contributed by atoms with Gasteiger partial charge in [0.1, 0.15) is 5.82 Å². The molecule has 0 saturated heterocycles. The largest absolute Gasteiger partial charge is 0.377 e. The summed E-state index contributed by atoms with van der Waals surface area (Å²) in [7, 11) is 0. The van der Waals surface area contributed by atoms with E-state index in [0.29, 0.717) is 23.9 Å². The smallest absolute Gasteiger partial charge is 0.274 e. The number of anilines is 2. The van der Waals surface area contributed by atoms with Crippen LogP contribution < -0.4 is 16.2 Å². The molecule has 142 valence electrons. The van der Waals surface area contributed by atoms with Crippen molar-refractivity contribution in [2.24, 2.45) is 0 Å². The van der Waals surface area contributed by atoms with Crippen LogP contribution in [0.3, 0.4) is 0 Å². The molecule has 2 heterocycles. The van der Waals surface area contributed by atoms with Crippen molar-refractivity contribution >= 4 is 17.4 Å². The number of hydrogen-bond donors (Lipinski definition) is 3. The number of aromatic amines is 1. The van der Waals surface area contributed by atoms with Crippen molar-refractivity contribution in [3.8, 4) is 0 Å². The van der Waals surface area contributed by atoms with E-state index in [1.54, 1.807) is 18.2 Å². The van der Waals surface area contributed by atoms with Gasteiger partial charge in [0.2, 0.25) is 5.95 Å². The molecule has 8 heteroatoms. The van der Waals surface area contributed by atoms with Crippen molar-refractivity contribution in [1.82, 2.24) is 19.6 Å². The quantitative estimate of drug-likeness (QED) is 0.480. The van der Waals surface area contributed by atoms with Crippen LogP contribution >= 0.6 is 0 Å². The molecule has 0 aliphatic heterocycles. The van der Waals surface area contributed by atoms with Gasteiger partial charge in [-0.1, -0.05) is 42.0 Å². The molecule has 2 aromatic heterocycles. The number of rotatable bonds is 6. The minimum atomic E-state index is -0.359. The molecule has 4 rings (SSSR count). The Kier molecular flexibility index (Phi) is 4.76. The molecule has 0 amide bonds. The standard InChI is InChI=1S/C20H19FN6O/c1-13-6-8-14(9-7-13)11-23-19-25-20-24-15(10-18(28)27(20)26-19)12-22-17-5-3-2-4-16(17)21/h2-10,22H,11-12H2,1H3,(H2,23,24,25,26). The third-order valence-electron chi connectivity index (χ3n) is 4.30. The predicted octanol–water partition coefficient (Wildman–Crippen LogP) is 3.09. The molecule has 0 saturated carbocycles. The van der Waals surface area contributed by atoms with E-state index in [0.717, 1.165) is 5.56 Å². The number of H-pyrrole nitrogens is 1. The van der Waals surface area contributed by atoms with E-state index < -0.39 is 0 Å². The number of halogens is 1. The van der Waals surface area contributed by atoms with Gasteiger partial charge in [-0.3, -0.25) is 9.89 Å². The summed E-state index contributed by atoms with van der Waals surface area (Å²) in [6.45, 7) is 2.81. The first-order valence-corrected chi connectivity index (χ1v) is 8.85. The van der Waals surface area contributed by atoms with E-state index in [1.165, 1.54) is 22.2 Å². The molecule has 28 heavy (non-hydrogen) atoms. The Balaban J connectivity index is 1.49. The third kappa shape index (κ3) is 3.85. The monoisotopic (exact) mass is 378 g/mol. The van der Waals surface area contributed by atoms with Crippen LogP contribution in [0.25, 0.3) is 5.78 Å². The van der Waals surface area contributed by atoms with E-state index in [4.69, 9.17) is 0 Å². The maximum atomic E-state index is 13.7. The summed E-state index contributed by atoms with van der Waals surface area (Å²) in [4.78, 5) is 21.0. The molecule has 0 spiro atoms. The molecule has 0 aliphatic carbocycles. The lowest BCUT2D eigenvalue weighted by molar-refractivity contribution is 0.630. The average molecular weight is 378 g/mol. The number of aryl methyl sites for hydroxylation is 1.